The molecule has 0 aromatic carbocycles. The molecule has 0 amide bonds. The summed E-state index contributed by atoms with van der Waals surface area (Å²) in [5.41, 5.74) is 1.74. The highest BCUT2D eigenvalue weighted by Gasteiger charge is 2.46. The zero-order chi connectivity index (χ0) is 15.7. The van der Waals surface area contributed by atoms with Gasteiger partial charge in [-0.1, -0.05) is 13.0 Å². The number of hydrogen-bond acceptors (Lipinski definition) is 4. The standard InChI is InChI=1S/C18H27N3O/c1-4-14(2)17-8-7-16(10-19-17)21-9-5-6-15(11-21)18(22)12-20(3)13-18/h4,7-8,10,14-15,22H,1,5-6,9,11-13H2,2-3H3/t14?,15-/m0/s1. The van der Waals surface area contributed by atoms with Crippen LogP contribution in [0.1, 0.15) is 31.4 Å². The van der Waals surface area contributed by atoms with Gasteiger partial charge in [-0.25, -0.2) is 0 Å². The van der Waals surface area contributed by atoms with Gasteiger partial charge in [0.15, 0.2) is 0 Å². The second-order valence-corrected chi connectivity index (χ2v) is 7.03. The van der Waals surface area contributed by atoms with Crippen molar-refractivity contribution in [2.75, 3.05) is 38.1 Å². The van der Waals surface area contributed by atoms with E-state index in [1.165, 1.54) is 5.69 Å². The van der Waals surface area contributed by atoms with Gasteiger partial charge in [0.2, 0.25) is 0 Å². The second-order valence-electron chi connectivity index (χ2n) is 7.03. The highest BCUT2D eigenvalue weighted by molar-refractivity contribution is 5.45. The van der Waals surface area contributed by atoms with E-state index in [1.807, 2.05) is 12.3 Å². The zero-order valence-corrected chi connectivity index (χ0v) is 13.7. The van der Waals surface area contributed by atoms with Crippen molar-refractivity contribution < 1.29 is 5.11 Å². The number of aromatic nitrogens is 1. The second kappa shape index (κ2) is 6.01. The van der Waals surface area contributed by atoms with Gasteiger partial charge in [0, 0.05) is 43.7 Å². The summed E-state index contributed by atoms with van der Waals surface area (Å²) in [4.78, 5) is 9.14. The average Bonchev–Trinajstić information content (AvgIpc) is 2.53. The van der Waals surface area contributed by atoms with Crippen molar-refractivity contribution in [1.29, 1.82) is 0 Å². The van der Waals surface area contributed by atoms with Crippen LogP contribution in [0.3, 0.4) is 0 Å². The molecule has 4 heteroatoms. The van der Waals surface area contributed by atoms with Crippen LogP contribution in [0.25, 0.3) is 0 Å². The Morgan fingerprint density at radius 2 is 2.23 bits per heavy atom. The van der Waals surface area contributed by atoms with Crippen molar-refractivity contribution in [2.45, 2.75) is 31.3 Å². The molecule has 2 atom stereocenters. The molecule has 3 rings (SSSR count). The van der Waals surface area contributed by atoms with Crippen LogP contribution >= 0.6 is 0 Å². The van der Waals surface area contributed by atoms with Crippen molar-refractivity contribution in [3.63, 3.8) is 0 Å². The monoisotopic (exact) mass is 301 g/mol. The van der Waals surface area contributed by atoms with Crippen molar-refractivity contribution in [2.24, 2.45) is 5.92 Å². The third kappa shape index (κ3) is 2.90. The Kier molecular flexibility index (Phi) is 4.24. The van der Waals surface area contributed by atoms with Crippen LogP contribution in [-0.4, -0.2) is 53.8 Å². The molecule has 0 bridgehead atoms. The Morgan fingerprint density at radius 3 is 2.82 bits per heavy atom. The number of rotatable bonds is 4. The van der Waals surface area contributed by atoms with Gasteiger partial charge in [-0.05, 0) is 32.0 Å². The third-order valence-corrected chi connectivity index (χ3v) is 5.22. The molecule has 1 unspecified atom stereocenters. The number of pyridine rings is 1. The van der Waals surface area contributed by atoms with E-state index >= 15 is 0 Å². The lowest BCUT2D eigenvalue weighted by atomic mass is 9.76. The third-order valence-electron chi connectivity index (χ3n) is 5.22. The van der Waals surface area contributed by atoms with E-state index in [1.54, 1.807) is 0 Å². The van der Waals surface area contributed by atoms with Crippen LogP contribution in [0.15, 0.2) is 31.0 Å². The van der Waals surface area contributed by atoms with Gasteiger partial charge in [-0.15, -0.1) is 6.58 Å². The first-order valence-electron chi connectivity index (χ1n) is 8.26. The van der Waals surface area contributed by atoms with Gasteiger partial charge in [-0.3, -0.25) is 4.98 Å². The van der Waals surface area contributed by atoms with Gasteiger partial charge >= 0.3 is 0 Å². The molecule has 2 saturated heterocycles. The topological polar surface area (TPSA) is 39.6 Å². The average molecular weight is 301 g/mol. The number of nitrogens with zero attached hydrogens (tertiary/aromatic N) is 3. The minimum absolute atomic E-state index is 0.286. The van der Waals surface area contributed by atoms with E-state index in [2.05, 4.69) is 47.5 Å². The van der Waals surface area contributed by atoms with Crippen molar-refractivity contribution in [3.8, 4) is 0 Å². The molecule has 0 aliphatic carbocycles. The molecule has 0 spiro atoms. The number of aliphatic hydroxyl groups is 1. The van der Waals surface area contributed by atoms with E-state index in [9.17, 15) is 5.11 Å². The molecular formula is C18H27N3O. The van der Waals surface area contributed by atoms with Gasteiger partial charge in [0.25, 0.3) is 0 Å². The Hall–Kier alpha value is -1.39. The lowest BCUT2D eigenvalue weighted by Crippen LogP contribution is -2.66. The first-order valence-corrected chi connectivity index (χ1v) is 8.26. The smallest absolute Gasteiger partial charge is 0.0944 e. The number of hydrogen-bond donors (Lipinski definition) is 1. The van der Waals surface area contributed by atoms with Crippen molar-refractivity contribution >= 4 is 5.69 Å². The van der Waals surface area contributed by atoms with Crippen LogP contribution in [0, 0.1) is 5.92 Å². The zero-order valence-electron chi connectivity index (χ0n) is 13.7. The van der Waals surface area contributed by atoms with Crippen molar-refractivity contribution in [1.82, 2.24) is 9.88 Å². The van der Waals surface area contributed by atoms with Crippen LogP contribution in [0.5, 0.6) is 0 Å². The number of allylic oxidation sites excluding steroid dienone is 1. The predicted octanol–water partition coefficient (Wildman–Crippen LogP) is 2.26. The summed E-state index contributed by atoms with van der Waals surface area (Å²) in [6.45, 7) is 9.53. The largest absolute Gasteiger partial charge is 0.387 e. The first kappa shape index (κ1) is 15.5. The van der Waals surface area contributed by atoms with Crippen LogP contribution in [0.2, 0.25) is 0 Å². The molecule has 4 nitrogen and oxygen atoms in total. The van der Waals surface area contributed by atoms with Crippen LogP contribution in [-0.2, 0) is 0 Å². The minimum Gasteiger partial charge on any atom is -0.387 e. The summed E-state index contributed by atoms with van der Waals surface area (Å²) in [5, 5.41) is 10.7. The quantitative estimate of drug-likeness (QED) is 0.866. The molecule has 0 radical (unpaired) electrons. The minimum atomic E-state index is -0.488. The maximum Gasteiger partial charge on any atom is 0.0944 e. The van der Waals surface area contributed by atoms with Gasteiger partial charge in [0.05, 0.1) is 17.5 Å². The molecule has 1 aromatic heterocycles. The maximum absolute atomic E-state index is 10.7. The molecule has 2 aliphatic rings. The van der Waals surface area contributed by atoms with Crippen LogP contribution < -0.4 is 4.90 Å². The Morgan fingerprint density at radius 1 is 1.45 bits per heavy atom. The normalized spacial score (nSPS) is 26.3. The molecule has 1 aromatic rings. The number of β-amino-alcohol motifs (C(OH)–C–C–N with tert-alkyl or cyclic N) is 1. The molecule has 0 saturated carbocycles. The van der Waals surface area contributed by atoms with E-state index in [0.29, 0.717) is 5.92 Å². The van der Waals surface area contributed by atoms with E-state index < -0.39 is 5.60 Å². The Labute approximate surface area is 133 Å². The molecule has 120 valence electrons. The summed E-state index contributed by atoms with van der Waals surface area (Å²) in [6, 6.07) is 4.25. The number of piperidine rings is 1. The van der Waals surface area contributed by atoms with E-state index in [0.717, 1.165) is 44.7 Å². The summed E-state index contributed by atoms with van der Waals surface area (Å²) in [6.07, 6.45) is 6.15. The SMILES string of the molecule is C=CC(C)c1ccc(N2CCC[C@H](C3(O)CN(C)C3)C2)cn1. The lowest BCUT2D eigenvalue weighted by molar-refractivity contribution is -0.128. The number of anilines is 1. The molecule has 2 fully saturated rings. The summed E-state index contributed by atoms with van der Waals surface area (Å²) < 4.78 is 0. The number of likely N-dealkylation sites (N-methyl/N-ethyl adjacent to an activating group) is 1. The van der Waals surface area contributed by atoms with Crippen molar-refractivity contribution in [3.05, 3.63) is 36.7 Å². The highest BCUT2D eigenvalue weighted by atomic mass is 16.3. The highest BCUT2D eigenvalue weighted by Crippen LogP contribution is 2.35. The number of likely N-dealkylation sites (tertiary alicyclic amines) is 1. The Bertz CT molecular complexity index is 522. The van der Waals surface area contributed by atoms with Gasteiger partial charge in [0.1, 0.15) is 0 Å². The fourth-order valence-corrected chi connectivity index (χ4v) is 3.77. The van der Waals surface area contributed by atoms with E-state index in [4.69, 9.17) is 0 Å². The molecule has 3 heterocycles. The molecule has 22 heavy (non-hydrogen) atoms. The summed E-state index contributed by atoms with van der Waals surface area (Å²) in [5.74, 6) is 0.651. The van der Waals surface area contributed by atoms with E-state index in [-0.39, 0.29) is 5.92 Å². The Balaban J connectivity index is 1.68. The fourth-order valence-electron chi connectivity index (χ4n) is 3.77. The van der Waals surface area contributed by atoms with Gasteiger partial charge < -0.3 is 14.9 Å². The van der Waals surface area contributed by atoms with Gasteiger partial charge in [-0.2, -0.15) is 0 Å². The lowest BCUT2D eigenvalue weighted by Gasteiger charge is -2.52. The molecular weight excluding hydrogens is 274 g/mol. The molecule has 2 aliphatic heterocycles. The summed E-state index contributed by atoms with van der Waals surface area (Å²) in [7, 11) is 2.07. The fraction of sp³-hybridized carbons (Fsp3) is 0.611. The summed E-state index contributed by atoms with van der Waals surface area (Å²) >= 11 is 0. The predicted molar refractivity (Wildman–Crippen MR) is 90.2 cm³/mol. The van der Waals surface area contributed by atoms with Crippen LogP contribution in [0.4, 0.5) is 5.69 Å². The maximum atomic E-state index is 10.7. The first-order chi connectivity index (χ1) is 10.5. The molecule has 1 N–H and O–H groups in total.